The van der Waals surface area contributed by atoms with E-state index in [4.69, 9.17) is 4.74 Å². The summed E-state index contributed by atoms with van der Waals surface area (Å²) >= 11 is 0. The van der Waals surface area contributed by atoms with Crippen LogP contribution < -0.4 is 16.9 Å². The Kier molecular flexibility index (Phi) is 5.69. The van der Waals surface area contributed by atoms with Crippen molar-refractivity contribution < 1.29 is 22.7 Å². The van der Waals surface area contributed by atoms with Crippen LogP contribution in [0.4, 0.5) is 13.2 Å². The number of halogens is 3. The number of imidazole rings is 1. The van der Waals surface area contributed by atoms with Crippen molar-refractivity contribution in [1.82, 2.24) is 18.7 Å². The predicted octanol–water partition coefficient (Wildman–Crippen LogP) is 2.91. The molecule has 12 heteroatoms. The van der Waals surface area contributed by atoms with Gasteiger partial charge in [-0.15, -0.1) is 0 Å². The maximum atomic E-state index is 13.7. The van der Waals surface area contributed by atoms with Crippen molar-refractivity contribution in [2.45, 2.75) is 32.0 Å². The second-order valence-electron chi connectivity index (χ2n) is 8.71. The van der Waals surface area contributed by atoms with Crippen LogP contribution in [0.2, 0.25) is 0 Å². The third-order valence-electron chi connectivity index (χ3n) is 6.64. The van der Waals surface area contributed by atoms with Crippen LogP contribution in [0.5, 0.6) is 0 Å². The molecule has 9 nitrogen and oxygen atoms in total. The molecule has 0 bridgehead atoms. The molecule has 1 aliphatic rings. The van der Waals surface area contributed by atoms with Crippen molar-refractivity contribution in [3.63, 3.8) is 0 Å². The lowest BCUT2D eigenvalue weighted by molar-refractivity contribution is -0.138. The van der Waals surface area contributed by atoms with Crippen molar-refractivity contribution >= 4 is 17.0 Å². The molecule has 0 amide bonds. The van der Waals surface area contributed by atoms with E-state index in [0.29, 0.717) is 11.0 Å². The lowest BCUT2D eigenvalue weighted by Crippen LogP contribution is -2.44. The highest BCUT2D eigenvalue weighted by Gasteiger charge is 2.38. The minimum atomic E-state index is -4.60. The number of hydrogen-bond donors (Lipinski definition) is 1. The first kappa shape index (κ1) is 24.3. The van der Waals surface area contributed by atoms with E-state index in [9.17, 15) is 32.3 Å². The summed E-state index contributed by atoms with van der Waals surface area (Å²) in [5, 5.41) is 0. The molecule has 0 radical (unpaired) electrons. The first-order chi connectivity index (χ1) is 17.5. The van der Waals surface area contributed by atoms with Crippen molar-refractivity contribution in [1.29, 1.82) is 0 Å². The number of aryl methyl sites for hydroxylation is 1. The summed E-state index contributed by atoms with van der Waals surface area (Å²) in [6.45, 7) is 1.52. The topological polar surface area (TPSA) is 108 Å². The van der Waals surface area contributed by atoms with Crippen LogP contribution in [-0.2, 0) is 24.4 Å². The second-order valence-corrected chi connectivity index (χ2v) is 8.71. The Hall–Kier alpha value is -4.35. The normalized spacial score (nSPS) is 15.2. The number of esters is 1. The van der Waals surface area contributed by atoms with E-state index in [-0.39, 0.29) is 42.0 Å². The summed E-state index contributed by atoms with van der Waals surface area (Å²) in [6.07, 6.45) is -3.47. The smallest absolute Gasteiger partial charge is 0.416 e. The molecule has 0 fully saturated rings. The monoisotopic (exact) mass is 514 g/mol. The number of nitrogens with zero attached hydrogens (tertiary/aromatic N) is 3. The quantitative estimate of drug-likeness (QED) is 0.422. The number of alkyl halides is 3. The summed E-state index contributed by atoms with van der Waals surface area (Å²) in [6, 6.07) is 7.27. The number of H-pyrrole nitrogens is 1. The zero-order valence-corrected chi connectivity index (χ0v) is 19.8. The number of nitrogens with one attached hydrogen (secondary N) is 1. The van der Waals surface area contributed by atoms with Gasteiger partial charge in [-0.2, -0.15) is 13.2 Å². The first-order valence-corrected chi connectivity index (χ1v) is 11.5. The number of benzene rings is 2. The van der Waals surface area contributed by atoms with Gasteiger partial charge in [0, 0.05) is 13.2 Å². The van der Waals surface area contributed by atoms with Gasteiger partial charge in [0.15, 0.2) is 0 Å². The molecular weight excluding hydrogens is 493 g/mol. The Labute approximate surface area is 206 Å². The largest absolute Gasteiger partial charge is 0.462 e. The van der Waals surface area contributed by atoms with Crippen LogP contribution in [-0.4, -0.2) is 31.3 Å². The van der Waals surface area contributed by atoms with Gasteiger partial charge in [0.2, 0.25) is 0 Å². The average Bonchev–Trinajstić information content (AvgIpc) is 3.39. The van der Waals surface area contributed by atoms with Crippen molar-refractivity contribution in [2.24, 2.45) is 7.05 Å². The third kappa shape index (κ3) is 3.88. The summed E-state index contributed by atoms with van der Waals surface area (Å²) in [5.74, 6) is -0.966. The van der Waals surface area contributed by atoms with E-state index in [1.807, 2.05) is 0 Å². The lowest BCUT2D eigenvalue weighted by Gasteiger charge is -2.19. The Bertz CT molecular complexity index is 1740. The molecule has 0 saturated carbocycles. The Morgan fingerprint density at radius 3 is 2.62 bits per heavy atom. The highest BCUT2D eigenvalue weighted by Crippen LogP contribution is 2.41. The number of aromatic nitrogens is 4. The van der Waals surface area contributed by atoms with Gasteiger partial charge in [0.1, 0.15) is 5.56 Å². The third-order valence-corrected chi connectivity index (χ3v) is 6.64. The lowest BCUT2D eigenvalue weighted by atomic mass is 10.0. The molecule has 2 aromatic carbocycles. The Morgan fingerprint density at radius 2 is 1.92 bits per heavy atom. The highest BCUT2D eigenvalue weighted by molar-refractivity contribution is 5.88. The van der Waals surface area contributed by atoms with Crippen LogP contribution in [0.15, 0.2) is 57.0 Å². The molecule has 2 aromatic heterocycles. The van der Waals surface area contributed by atoms with Crippen molar-refractivity contribution in [3.05, 3.63) is 96.2 Å². The molecule has 0 aliphatic heterocycles. The molecule has 37 heavy (non-hydrogen) atoms. The SMILES string of the molecule is CCOC(=O)c1cn(-c2ccc3c(c2)[nH]c(=O)n3C)c(=O)n([C@@H]2CCc3c2cccc3C(F)(F)F)c1=O. The summed E-state index contributed by atoms with van der Waals surface area (Å²) < 4.78 is 49.1. The van der Waals surface area contributed by atoms with E-state index < -0.39 is 40.6 Å². The number of rotatable bonds is 4. The number of ether oxygens (including phenoxy) is 1. The van der Waals surface area contributed by atoms with Crippen LogP contribution in [0.1, 0.15) is 46.4 Å². The fourth-order valence-corrected chi connectivity index (χ4v) is 4.92. The summed E-state index contributed by atoms with van der Waals surface area (Å²) in [7, 11) is 1.57. The van der Waals surface area contributed by atoms with Crippen LogP contribution in [0, 0.1) is 0 Å². The molecule has 1 atom stereocenters. The molecular formula is C25H21F3N4O5. The molecule has 5 rings (SSSR count). The van der Waals surface area contributed by atoms with Crippen molar-refractivity contribution in [3.8, 4) is 5.69 Å². The van der Waals surface area contributed by atoms with Gasteiger partial charge in [-0.3, -0.25) is 18.5 Å². The molecule has 0 unspecified atom stereocenters. The maximum absolute atomic E-state index is 13.7. The molecule has 1 aliphatic carbocycles. The second kappa shape index (κ2) is 8.64. The van der Waals surface area contributed by atoms with Gasteiger partial charge < -0.3 is 9.72 Å². The molecule has 4 aromatic rings. The summed E-state index contributed by atoms with van der Waals surface area (Å²) in [4.78, 5) is 54.4. The standard InChI is InChI=1S/C25H21F3N4O5/c1-3-37-22(34)16-12-31(13-7-9-20-18(11-13)29-23(35)30(20)2)24(36)32(21(16)33)19-10-8-14-15(19)5-4-6-17(14)25(26,27)28/h4-7,9,11-12,19H,3,8,10H2,1-2H3,(H,29,35)/t19-/m1/s1. The maximum Gasteiger partial charge on any atom is 0.416 e. The molecule has 0 spiro atoms. The highest BCUT2D eigenvalue weighted by atomic mass is 19.4. The molecule has 2 heterocycles. The van der Waals surface area contributed by atoms with Gasteiger partial charge in [-0.25, -0.2) is 14.4 Å². The van der Waals surface area contributed by atoms with E-state index in [1.54, 1.807) is 20.0 Å². The Balaban J connectivity index is 1.76. The van der Waals surface area contributed by atoms with E-state index in [1.165, 1.54) is 28.8 Å². The van der Waals surface area contributed by atoms with Gasteiger partial charge in [-0.05, 0) is 55.2 Å². The Morgan fingerprint density at radius 1 is 1.16 bits per heavy atom. The van der Waals surface area contributed by atoms with Gasteiger partial charge in [0.05, 0.1) is 34.9 Å². The first-order valence-electron chi connectivity index (χ1n) is 11.5. The van der Waals surface area contributed by atoms with E-state index >= 15 is 0 Å². The summed E-state index contributed by atoms with van der Waals surface area (Å²) in [5.41, 5.74) is -2.01. The molecule has 1 N–H and O–H groups in total. The van der Waals surface area contributed by atoms with Crippen LogP contribution in [0.3, 0.4) is 0 Å². The van der Waals surface area contributed by atoms with Crippen LogP contribution >= 0.6 is 0 Å². The van der Waals surface area contributed by atoms with Gasteiger partial charge in [-0.1, -0.05) is 12.1 Å². The van der Waals surface area contributed by atoms with E-state index in [2.05, 4.69) is 4.98 Å². The minimum Gasteiger partial charge on any atom is -0.462 e. The fourth-order valence-electron chi connectivity index (χ4n) is 4.92. The number of fused-ring (bicyclic) bond motifs is 2. The predicted molar refractivity (Wildman–Crippen MR) is 127 cm³/mol. The van der Waals surface area contributed by atoms with Gasteiger partial charge >= 0.3 is 23.5 Å². The zero-order valence-electron chi connectivity index (χ0n) is 19.8. The van der Waals surface area contributed by atoms with Crippen LogP contribution in [0.25, 0.3) is 16.7 Å². The number of hydrogen-bond acceptors (Lipinski definition) is 5. The molecule has 0 saturated heterocycles. The van der Waals surface area contributed by atoms with Gasteiger partial charge in [0.25, 0.3) is 5.56 Å². The average molecular weight is 514 g/mol. The van der Waals surface area contributed by atoms with Crippen molar-refractivity contribution in [2.75, 3.05) is 6.61 Å². The fraction of sp³-hybridized carbons (Fsp3) is 0.280. The van der Waals surface area contributed by atoms with E-state index in [0.717, 1.165) is 21.4 Å². The minimum absolute atomic E-state index is 0.00239. The number of carbonyl (C=O) groups is 1. The number of carbonyl (C=O) groups excluding carboxylic acids is 1. The number of aromatic amines is 1. The molecule has 192 valence electrons. The zero-order chi connectivity index (χ0) is 26.6.